The molecule has 4 N–H and O–H groups in total. The van der Waals surface area contributed by atoms with Crippen molar-refractivity contribution < 1.29 is 4.79 Å². The summed E-state index contributed by atoms with van der Waals surface area (Å²) in [6.45, 7) is 4.20. The van der Waals surface area contributed by atoms with Crippen LogP contribution in [0.4, 0.5) is 5.95 Å². The first-order valence-corrected chi connectivity index (χ1v) is 6.66. The molecule has 7 heteroatoms. The number of nitrogen functional groups attached to an aromatic ring is 1. The Morgan fingerprint density at radius 2 is 2.19 bits per heavy atom. The van der Waals surface area contributed by atoms with Gasteiger partial charge < -0.3 is 16.0 Å². The maximum absolute atomic E-state index is 12.1. The number of nitrogens with one attached hydrogen (secondary N) is 2. The lowest BCUT2D eigenvalue weighted by Gasteiger charge is -2.26. The molecule has 3 rings (SSSR count). The number of carbonyl (C=O) groups is 1. The van der Waals surface area contributed by atoms with Crippen molar-refractivity contribution >= 4 is 24.3 Å². The van der Waals surface area contributed by atoms with Gasteiger partial charge in [-0.05, 0) is 18.1 Å². The Bertz CT molecular complexity index is 667. The van der Waals surface area contributed by atoms with Crippen LogP contribution in [0.5, 0.6) is 0 Å². The molecular weight excluding hydrogens is 290 g/mol. The Morgan fingerprint density at radius 1 is 1.43 bits per heavy atom. The van der Waals surface area contributed by atoms with E-state index >= 15 is 0 Å². The van der Waals surface area contributed by atoms with Crippen molar-refractivity contribution in [3.63, 3.8) is 0 Å². The minimum Gasteiger partial charge on any atom is -0.368 e. The molecule has 0 saturated heterocycles. The van der Waals surface area contributed by atoms with Gasteiger partial charge in [-0.1, -0.05) is 13.8 Å². The highest BCUT2D eigenvalue weighted by atomic mass is 35.5. The van der Waals surface area contributed by atoms with Crippen LogP contribution in [0.25, 0.3) is 11.4 Å². The van der Waals surface area contributed by atoms with Gasteiger partial charge in [-0.2, -0.15) is 0 Å². The third-order valence-corrected chi connectivity index (χ3v) is 3.64. The standard InChI is InChI=1S/C14H17N5O.ClH/c1-7(2)10-6-11-8(13(20)18-10)5-12(17-11)9-3-4-16-14(15)19-9;/h3-5,7,10,17H,6H2,1-2H3,(H,18,20)(H2,15,16,19);1H. The lowest BCUT2D eigenvalue weighted by atomic mass is 9.94. The van der Waals surface area contributed by atoms with E-state index in [1.54, 1.807) is 12.3 Å². The molecule has 112 valence electrons. The second-order valence-electron chi connectivity index (χ2n) is 5.40. The van der Waals surface area contributed by atoms with Crippen LogP contribution >= 0.6 is 12.4 Å². The summed E-state index contributed by atoms with van der Waals surface area (Å²) in [5.74, 6) is 0.586. The molecule has 0 bridgehead atoms. The number of H-pyrrole nitrogens is 1. The topological polar surface area (TPSA) is 96.7 Å². The summed E-state index contributed by atoms with van der Waals surface area (Å²) in [7, 11) is 0. The summed E-state index contributed by atoms with van der Waals surface area (Å²) in [6, 6.07) is 3.76. The zero-order valence-corrected chi connectivity index (χ0v) is 12.7. The Morgan fingerprint density at radius 3 is 2.86 bits per heavy atom. The Labute approximate surface area is 129 Å². The molecule has 21 heavy (non-hydrogen) atoms. The summed E-state index contributed by atoms with van der Waals surface area (Å²) in [4.78, 5) is 23.4. The number of anilines is 1. The number of aromatic nitrogens is 3. The maximum atomic E-state index is 12.1. The molecule has 6 nitrogen and oxygen atoms in total. The first-order chi connectivity index (χ1) is 9.54. The highest BCUT2D eigenvalue weighted by molar-refractivity contribution is 5.98. The predicted octanol–water partition coefficient (Wildman–Crippen LogP) is 1.79. The second-order valence-corrected chi connectivity index (χ2v) is 5.40. The third-order valence-electron chi connectivity index (χ3n) is 3.64. The van der Waals surface area contributed by atoms with Crippen molar-refractivity contribution in [3.8, 4) is 11.4 Å². The van der Waals surface area contributed by atoms with E-state index in [9.17, 15) is 4.79 Å². The number of halogens is 1. The molecule has 1 atom stereocenters. The van der Waals surface area contributed by atoms with E-state index in [1.807, 2.05) is 6.07 Å². The van der Waals surface area contributed by atoms with Gasteiger partial charge in [0.2, 0.25) is 5.95 Å². The van der Waals surface area contributed by atoms with Crippen LogP contribution in [0.3, 0.4) is 0 Å². The van der Waals surface area contributed by atoms with Gasteiger partial charge in [0.1, 0.15) is 0 Å². The van der Waals surface area contributed by atoms with Crippen molar-refractivity contribution in [2.24, 2.45) is 5.92 Å². The smallest absolute Gasteiger partial charge is 0.253 e. The van der Waals surface area contributed by atoms with Crippen LogP contribution in [-0.2, 0) is 6.42 Å². The fourth-order valence-electron chi connectivity index (χ4n) is 2.44. The Kier molecular flexibility index (Phi) is 4.18. The largest absolute Gasteiger partial charge is 0.368 e. The van der Waals surface area contributed by atoms with Crippen LogP contribution in [0.1, 0.15) is 29.9 Å². The predicted molar refractivity (Wildman–Crippen MR) is 83.3 cm³/mol. The molecular formula is C14H18ClN5O. The van der Waals surface area contributed by atoms with Crippen molar-refractivity contribution in [3.05, 3.63) is 29.6 Å². The monoisotopic (exact) mass is 307 g/mol. The summed E-state index contributed by atoms with van der Waals surface area (Å²) in [5, 5.41) is 3.03. The lowest BCUT2D eigenvalue weighted by Crippen LogP contribution is -2.44. The van der Waals surface area contributed by atoms with Gasteiger partial charge in [-0.25, -0.2) is 9.97 Å². The summed E-state index contributed by atoms with van der Waals surface area (Å²) in [6.07, 6.45) is 2.41. The number of amides is 1. The minimum absolute atomic E-state index is 0. The normalized spacial score (nSPS) is 17.1. The number of hydrogen-bond donors (Lipinski definition) is 3. The van der Waals surface area contributed by atoms with Gasteiger partial charge in [0.05, 0.1) is 17.0 Å². The molecule has 1 amide bonds. The number of nitrogens with zero attached hydrogens (tertiary/aromatic N) is 2. The lowest BCUT2D eigenvalue weighted by molar-refractivity contribution is 0.0912. The average Bonchev–Trinajstić information content (AvgIpc) is 2.83. The summed E-state index contributed by atoms with van der Waals surface area (Å²) < 4.78 is 0. The van der Waals surface area contributed by atoms with Crippen LogP contribution in [0.15, 0.2) is 18.3 Å². The fraction of sp³-hybridized carbons (Fsp3) is 0.357. The summed E-state index contributed by atoms with van der Waals surface area (Å²) in [5.41, 5.74) is 8.73. The maximum Gasteiger partial charge on any atom is 0.253 e. The molecule has 0 aromatic carbocycles. The first kappa shape index (κ1) is 15.3. The van der Waals surface area contributed by atoms with E-state index in [1.165, 1.54) is 0 Å². The van der Waals surface area contributed by atoms with Crippen molar-refractivity contribution in [2.75, 3.05) is 5.73 Å². The van der Waals surface area contributed by atoms with Gasteiger partial charge in [-0.15, -0.1) is 12.4 Å². The van der Waals surface area contributed by atoms with Gasteiger partial charge >= 0.3 is 0 Å². The highest BCUT2D eigenvalue weighted by Gasteiger charge is 2.28. The average molecular weight is 308 g/mol. The Hall–Kier alpha value is -2.08. The van der Waals surface area contributed by atoms with Gasteiger partial charge in [-0.3, -0.25) is 4.79 Å². The first-order valence-electron chi connectivity index (χ1n) is 6.66. The second kappa shape index (κ2) is 5.73. The zero-order valence-electron chi connectivity index (χ0n) is 11.9. The van der Waals surface area contributed by atoms with E-state index in [-0.39, 0.29) is 30.3 Å². The van der Waals surface area contributed by atoms with Crippen LogP contribution in [-0.4, -0.2) is 26.9 Å². The number of hydrogen-bond acceptors (Lipinski definition) is 4. The number of rotatable bonds is 2. The molecule has 2 aromatic rings. The van der Waals surface area contributed by atoms with E-state index in [0.717, 1.165) is 17.8 Å². The van der Waals surface area contributed by atoms with Gasteiger partial charge in [0.25, 0.3) is 5.91 Å². The number of nitrogens with two attached hydrogens (primary N) is 1. The van der Waals surface area contributed by atoms with E-state index < -0.39 is 0 Å². The third kappa shape index (κ3) is 2.85. The van der Waals surface area contributed by atoms with Crippen molar-refractivity contribution in [1.29, 1.82) is 0 Å². The molecule has 0 saturated carbocycles. The van der Waals surface area contributed by atoms with E-state index in [2.05, 4.69) is 34.1 Å². The molecule has 0 aliphatic carbocycles. The molecule has 2 aromatic heterocycles. The van der Waals surface area contributed by atoms with Gasteiger partial charge in [0, 0.05) is 24.4 Å². The van der Waals surface area contributed by atoms with Crippen molar-refractivity contribution in [2.45, 2.75) is 26.3 Å². The zero-order chi connectivity index (χ0) is 14.3. The number of aromatic amines is 1. The fourth-order valence-corrected chi connectivity index (χ4v) is 2.44. The summed E-state index contributed by atoms with van der Waals surface area (Å²) >= 11 is 0. The van der Waals surface area contributed by atoms with E-state index in [0.29, 0.717) is 17.2 Å². The molecule has 1 aliphatic heterocycles. The van der Waals surface area contributed by atoms with Crippen LogP contribution in [0, 0.1) is 5.92 Å². The Balaban J connectivity index is 0.00000161. The quantitative estimate of drug-likeness (QED) is 0.788. The highest BCUT2D eigenvalue weighted by Crippen LogP contribution is 2.25. The molecule has 1 unspecified atom stereocenters. The molecule has 0 fully saturated rings. The number of carbonyl (C=O) groups excluding carboxylic acids is 1. The van der Waals surface area contributed by atoms with E-state index in [4.69, 9.17) is 5.73 Å². The molecule has 0 spiro atoms. The SMILES string of the molecule is CC(C)C1Cc2[nH]c(-c3ccnc(N)n3)cc2C(=O)N1.Cl. The number of fused-ring (bicyclic) bond motifs is 1. The van der Waals surface area contributed by atoms with Gasteiger partial charge in [0.15, 0.2) is 0 Å². The molecule has 0 radical (unpaired) electrons. The molecule has 1 aliphatic rings. The minimum atomic E-state index is -0.0329. The van der Waals surface area contributed by atoms with Crippen LogP contribution < -0.4 is 11.1 Å². The van der Waals surface area contributed by atoms with Crippen molar-refractivity contribution in [1.82, 2.24) is 20.3 Å². The molecule has 3 heterocycles. The van der Waals surface area contributed by atoms with Crippen LogP contribution in [0.2, 0.25) is 0 Å².